The number of unbranched alkanes of at least 4 members (excludes halogenated alkanes) is 1. The summed E-state index contributed by atoms with van der Waals surface area (Å²) < 4.78 is 25.1. The topological polar surface area (TPSA) is 143 Å². The van der Waals surface area contributed by atoms with Crippen molar-refractivity contribution in [3.63, 3.8) is 0 Å². The molecule has 356 valence electrons. The highest BCUT2D eigenvalue weighted by Crippen LogP contribution is 2.42. The van der Waals surface area contributed by atoms with E-state index in [1.54, 1.807) is 29.7 Å². The second kappa shape index (κ2) is 20.9. The number of hydrogen-bond acceptors (Lipinski definition) is 10. The van der Waals surface area contributed by atoms with E-state index < -0.39 is 17.5 Å². The molecule has 2 aromatic heterocycles. The molecule has 0 fully saturated rings. The lowest BCUT2D eigenvalue weighted by atomic mass is 9.85. The Hall–Kier alpha value is -5.03. The molecular formula is C55H72N2O9. The summed E-state index contributed by atoms with van der Waals surface area (Å²) in [6.07, 6.45) is 15.2. The number of benzene rings is 2. The Balaban J connectivity index is 0.862. The normalized spacial score (nSPS) is 19.3. The predicted octanol–water partition coefficient (Wildman–Crippen LogP) is 11.5. The van der Waals surface area contributed by atoms with E-state index in [9.17, 15) is 24.3 Å². The summed E-state index contributed by atoms with van der Waals surface area (Å²) in [7, 11) is 0. The molecule has 0 spiro atoms. The van der Waals surface area contributed by atoms with Crippen LogP contribution in [0.25, 0.3) is 22.3 Å². The first-order chi connectivity index (χ1) is 31.5. The Bertz CT molecular complexity index is 2510. The number of carbonyl (C=O) groups is 3. The molecule has 0 aliphatic carbocycles. The summed E-state index contributed by atoms with van der Waals surface area (Å²) in [4.78, 5) is 57.1. The van der Waals surface area contributed by atoms with Crippen LogP contribution in [0.2, 0.25) is 0 Å². The van der Waals surface area contributed by atoms with Gasteiger partial charge in [-0.25, -0.2) is 9.78 Å². The molecule has 0 saturated carbocycles. The van der Waals surface area contributed by atoms with Crippen LogP contribution in [0.15, 0.2) is 41.2 Å². The van der Waals surface area contributed by atoms with Crippen molar-refractivity contribution in [3.05, 3.63) is 80.1 Å². The van der Waals surface area contributed by atoms with Crippen molar-refractivity contribution in [1.29, 1.82) is 0 Å². The van der Waals surface area contributed by atoms with E-state index in [2.05, 4.69) is 34.6 Å². The minimum Gasteiger partial charge on any atom is -0.487 e. The van der Waals surface area contributed by atoms with E-state index in [-0.39, 0.29) is 60.7 Å². The largest absolute Gasteiger partial charge is 0.487 e. The molecule has 66 heavy (non-hydrogen) atoms. The SMILES string of the molecule is CCc1c2c(nc3ccc(OC(=O)CCCCC(=O)Oc4cc(C)c5c(c4)CC[C@@](C)(CCC[C@H](C)CCC[C@H](C)CCCC(C)C)O5)cc13)-c1cc3c(c(=O)n1C2)COC(=O)[C@]3(O)CC. The van der Waals surface area contributed by atoms with Crippen molar-refractivity contribution >= 4 is 28.8 Å². The van der Waals surface area contributed by atoms with Crippen molar-refractivity contribution in [3.8, 4) is 28.6 Å². The van der Waals surface area contributed by atoms with Gasteiger partial charge < -0.3 is 28.6 Å². The van der Waals surface area contributed by atoms with Gasteiger partial charge >= 0.3 is 17.9 Å². The number of carbonyl (C=O) groups excluding carboxylic acids is 3. The van der Waals surface area contributed by atoms with Gasteiger partial charge in [0.05, 0.1) is 29.0 Å². The van der Waals surface area contributed by atoms with Gasteiger partial charge in [-0.3, -0.25) is 14.4 Å². The molecule has 0 amide bonds. The van der Waals surface area contributed by atoms with Crippen molar-refractivity contribution in [2.45, 2.75) is 189 Å². The maximum Gasteiger partial charge on any atom is 0.343 e. The fraction of sp³-hybridized carbons (Fsp3) is 0.582. The number of aromatic nitrogens is 2. The highest BCUT2D eigenvalue weighted by molar-refractivity contribution is 5.90. The van der Waals surface area contributed by atoms with Crippen LogP contribution >= 0.6 is 0 Å². The summed E-state index contributed by atoms with van der Waals surface area (Å²) in [6, 6.07) is 10.8. The molecule has 2 aromatic carbocycles. The van der Waals surface area contributed by atoms with Crippen molar-refractivity contribution in [1.82, 2.24) is 9.55 Å². The second-order valence-electron chi connectivity index (χ2n) is 20.3. The van der Waals surface area contributed by atoms with Gasteiger partial charge in [-0.1, -0.05) is 86.5 Å². The lowest BCUT2D eigenvalue weighted by molar-refractivity contribution is -0.172. The monoisotopic (exact) mass is 905 g/mol. The summed E-state index contributed by atoms with van der Waals surface area (Å²) in [5.74, 6) is 2.69. The van der Waals surface area contributed by atoms with Crippen LogP contribution in [0.4, 0.5) is 0 Å². The number of nitrogens with zero attached hydrogens (tertiary/aromatic N) is 2. The molecule has 5 heterocycles. The van der Waals surface area contributed by atoms with Gasteiger partial charge in [-0.2, -0.15) is 0 Å². The van der Waals surface area contributed by atoms with E-state index in [0.717, 1.165) is 76.8 Å². The number of hydrogen-bond donors (Lipinski definition) is 1. The summed E-state index contributed by atoms with van der Waals surface area (Å²) >= 11 is 0. The molecule has 4 aromatic rings. The maximum absolute atomic E-state index is 13.7. The van der Waals surface area contributed by atoms with Crippen LogP contribution in [0.5, 0.6) is 17.2 Å². The average Bonchev–Trinajstić information content (AvgIpc) is 3.64. The number of ether oxygens (including phenoxy) is 4. The van der Waals surface area contributed by atoms with Gasteiger partial charge in [0.2, 0.25) is 0 Å². The van der Waals surface area contributed by atoms with Gasteiger partial charge in [0.1, 0.15) is 29.5 Å². The third kappa shape index (κ3) is 10.9. The minimum atomic E-state index is -1.90. The van der Waals surface area contributed by atoms with Crippen LogP contribution < -0.4 is 19.8 Å². The third-order valence-corrected chi connectivity index (χ3v) is 14.5. The van der Waals surface area contributed by atoms with Gasteiger partial charge in [-0.05, 0) is 136 Å². The predicted molar refractivity (Wildman–Crippen MR) is 257 cm³/mol. The van der Waals surface area contributed by atoms with Crippen LogP contribution in [-0.4, -0.2) is 38.2 Å². The fourth-order valence-corrected chi connectivity index (χ4v) is 10.4. The molecule has 4 atom stereocenters. The van der Waals surface area contributed by atoms with E-state index in [1.165, 1.54) is 44.9 Å². The third-order valence-electron chi connectivity index (χ3n) is 14.5. The molecule has 7 rings (SSSR count). The van der Waals surface area contributed by atoms with Crippen LogP contribution in [-0.2, 0) is 50.7 Å². The second-order valence-corrected chi connectivity index (χ2v) is 20.3. The zero-order valence-electron chi connectivity index (χ0n) is 40.7. The summed E-state index contributed by atoms with van der Waals surface area (Å²) in [5, 5.41) is 12.1. The first-order valence-corrected chi connectivity index (χ1v) is 24.9. The summed E-state index contributed by atoms with van der Waals surface area (Å²) in [5.41, 5.74) is 3.87. The van der Waals surface area contributed by atoms with Crippen molar-refractivity contribution < 1.29 is 38.4 Å². The minimum absolute atomic E-state index is 0.0677. The van der Waals surface area contributed by atoms with E-state index in [1.807, 2.05) is 32.0 Å². The Labute approximate surface area is 391 Å². The van der Waals surface area contributed by atoms with Crippen LogP contribution in [0.1, 0.15) is 178 Å². The van der Waals surface area contributed by atoms with Gasteiger partial charge in [0.25, 0.3) is 5.56 Å². The summed E-state index contributed by atoms with van der Waals surface area (Å²) in [6.45, 7) is 17.5. The highest BCUT2D eigenvalue weighted by Gasteiger charge is 2.45. The molecule has 1 N–H and O–H groups in total. The molecule has 0 bridgehead atoms. The van der Waals surface area contributed by atoms with Gasteiger partial charge in [0.15, 0.2) is 5.60 Å². The molecule has 3 aliphatic heterocycles. The lowest BCUT2D eigenvalue weighted by Gasteiger charge is -2.37. The molecular weight excluding hydrogens is 833 g/mol. The number of fused-ring (bicyclic) bond motifs is 6. The Kier molecular flexibility index (Phi) is 15.5. The Morgan fingerprint density at radius 2 is 1.52 bits per heavy atom. The van der Waals surface area contributed by atoms with Gasteiger partial charge in [0, 0.05) is 29.4 Å². The van der Waals surface area contributed by atoms with Crippen LogP contribution in [0.3, 0.4) is 0 Å². The highest BCUT2D eigenvalue weighted by atomic mass is 16.6. The first-order valence-electron chi connectivity index (χ1n) is 24.9. The van der Waals surface area contributed by atoms with E-state index >= 15 is 0 Å². The van der Waals surface area contributed by atoms with E-state index in [4.69, 9.17) is 23.9 Å². The Morgan fingerprint density at radius 3 is 2.18 bits per heavy atom. The average molecular weight is 905 g/mol. The molecule has 0 saturated heterocycles. The quantitative estimate of drug-likeness (QED) is 0.0429. The molecule has 0 radical (unpaired) electrons. The standard InChI is InChI=1S/C55H72N2O9/c1-9-41-42-30-39(23-24-46(42)56-50-43(41)32-57-47(50)31-45-44(52(57)60)33-63-53(61)55(45,62)10-2)64-48(58)21-11-12-22-49(59)65-40-28-37(7)51-38(29-40)25-27-54(8,66-51)26-15-20-36(6)19-14-18-35(5)17-13-16-34(3)4/h23-24,28-31,34-36,62H,9-22,25-27,32-33H2,1-8H3/t35-,36-,54-,55+/m1/s1. The lowest BCUT2D eigenvalue weighted by Crippen LogP contribution is -2.44. The van der Waals surface area contributed by atoms with E-state index in [0.29, 0.717) is 47.7 Å². The maximum atomic E-state index is 13.7. The number of pyridine rings is 2. The molecule has 11 heteroatoms. The zero-order valence-corrected chi connectivity index (χ0v) is 40.7. The van der Waals surface area contributed by atoms with Crippen molar-refractivity contribution in [2.75, 3.05) is 0 Å². The zero-order chi connectivity index (χ0) is 47.3. The molecule has 3 aliphatic rings. The molecule has 0 unspecified atom stereocenters. The fourth-order valence-electron chi connectivity index (χ4n) is 10.4. The number of aliphatic hydroxyl groups is 1. The van der Waals surface area contributed by atoms with Crippen LogP contribution in [0, 0.1) is 24.7 Å². The molecule has 11 nitrogen and oxygen atoms in total. The number of aryl methyl sites for hydroxylation is 3. The smallest absolute Gasteiger partial charge is 0.343 e. The van der Waals surface area contributed by atoms with Crippen molar-refractivity contribution in [2.24, 2.45) is 17.8 Å². The van der Waals surface area contributed by atoms with Gasteiger partial charge in [-0.15, -0.1) is 0 Å². The number of rotatable bonds is 21. The number of esters is 3. The number of cyclic esters (lactones) is 1. The Morgan fingerprint density at radius 1 is 0.848 bits per heavy atom. The first kappa shape index (κ1) is 48.9.